The van der Waals surface area contributed by atoms with Crippen molar-refractivity contribution < 1.29 is 14.7 Å². The van der Waals surface area contributed by atoms with Crippen LogP contribution in [0.2, 0.25) is 0 Å². The number of hydrogen-bond acceptors (Lipinski definition) is 6. The van der Waals surface area contributed by atoms with Gasteiger partial charge < -0.3 is 5.11 Å². The lowest BCUT2D eigenvalue weighted by Gasteiger charge is -2.24. The Bertz CT molecular complexity index is 2040. The highest BCUT2D eigenvalue weighted by atomic mass is 16.3. The van der Waals surface area contributed by atoms with E-state index in [1.807, 2.05) is 72.8 Å². The molecule has 0 saturated carbocycles. The van der Waals surface area contributed by atoms with Gasteiger partial charge in [-0.05, 0) is 67.6 Å². The van der Waals surface area contributed by atoms with E-state index in [2.05, 4.69) is 15.2 Å². The fourth-order valence-electron chi connectivity index (χ4n) is 5.23. The maximum Gasteiger partial charge on any atom is 0.268 e. The lowest BCUT2D eigenvalue weighted by Crippen LogP contribution is -2.32. The summed E-state index contributed by atoms with van der Waals surface area (Å²) in [7, 11) is 0. The van der Waals surface area contributed by atoms with Crippen LogP contribution >= 0.6 is 0 Å². The van der Waals surface area contributed by atoms with E-state index in [4.69, 9.17) is 0 Å². The van der Waals surface area contributed by atoms with Crippen LogP contribution in [0.1, 0.15) is 26.3 Å². The predicted octanol–water partition coefficient (Wildman–Crippen LogP) is 8.76. The number of carbonyl (C=O) groups is 2. The van der Waals surface area contributed by atoms with Crippen LogP contribution in [0.5, 0.6) is 5.88 Å². The summed E-state index contributed by atoms with van der Waals surface area (Å²) in [6, 6.07) is 43.1. The molecule has 9 heteroatoms. The zero-order valence-corrected chi connectivity index (χ0v) is 25.3. The van der Waals surface area contributed by atoms with Gasteiger partial charge in [-0.15, -0.1) is 10.2 Å². The summed E-state index contributed by atoms with van der Waals surface area (Å²) in [5.74, 6) is -1.52. The number of aromatic hydroxyl groups is 1. The number of H-pyrrole nitrogens is 1. The minimum atomic E-state index is -0.780. The van der Waals surface area contributed by atoms with Crippen molar-refractivity contribution in [3.05, 3.63) is 173 Å². The third-order valence-corrected chi connectivity index (χ3v) is 7.48. The van der Waals surface area contributed by atoms with Crippen LogP contribution in [-0.2, 0) is 0 Å². The summed E-state index contributed by atoms with van der Waals surface area (Å²) < 4.78 is 0. The standard InChI is InChI=1S/C38H29N5O4/c1-26-33(38(47)43(29-20-10-4-11-21-29)30-22-12-5-13-23-30)35(44)39-36(45)34(26)41-40-32-25-15-14-24-31(32)37(46)42(27-16-6-2-7-17-27)28-18-8-3-9-19-28/h2-25H,1H3,(H2,39,44,45)/b41-40+. The third-order valence-electron chi connectivity index (χ3n) is 7.48. The van der Waals surface area contributed by atoms with E-state index < -0.39 is 17.3 Å². The first-order chi connectivity index (χ1) is 22.9. The van der Waals surface area contributed by atoms with Gasteiger partial charge in [0, 0.05) is 28.3 Å². The fourth-order valence-corrected chi connectivity index (χ4v) is 5.23. The zero-order valence-electron chi connectivity index (χ0n) is 25.3. The molecule has 0 aliphatic rings. The Kier molecular flexibility index (Phi) is 8.79. The van der Waals surface area contributed by atoms with Gasteiger partial charge >= 0.3 is 0 Å². The molecule has 230 valence electrons. The normalized spacial score (nSPS) is 10.9. The van der Waals surface area contributed by atoms with Crippen molar-refractivity contribution >= 4 is 45.9 Å². The predicted molar refractivity (Wildman–Crippen MR) is 183 cm³/mol. The van der Waals surface area contributed by atoms with Gasteiger partial charge in [-0.2, -0.15) is 0 Å². The molecule has 0 radical (unpaired) electrons. The number of aromatic amines is 1. The number of pyridine rings is 1. The van der Waals surface area contributed by atoms with Crippen molar-refractivity contribution in [3.63, 3.8) is 0 Å². The smallest absolute Gasteiger partial charge is 0.268 e. The van der Waals surface area contributed by atoms with Gasteiger partial charge in [-0.25, -0.2) is 0 Å². The summed E-state index contributed by atoms with van der Waals surface area (Å²) in [6.07, 6.45) is 0. The fraction of sp³-hybridized carbons (Fsp3) is 0.0263. The number of benzene rings is 5. The highest BCUT2D eigenvalue weighted by molar-refractivity contribution is 6.14. The number of carbonyl (C=O) groups excluding carboxylic acids is 2. The number of nitrogens with zero attached hydrogens (tertiary/aromatic N) is 4. The molecular formula is C38H29N5O4. The third kappa shape index (κ3) is 6.31. The van der Waals surface area contributed by atoms with Crippen molar-refractivity contribution in [1.82, 2.24) is 4.98 Å². The Morgan fingerprint density at radius 3 is 1.45 bits per heavy atom. The van der Waals surface area contributed by atoms with Gasteiger partial charge in [-0.1, -0.05) is 84.9 Å². The molecule has 5 aromatic carbocycles. The molecule has 1 heterocycles. The van der Waals surface area contributed by atoms with Crippen LogP contribution in [0.3, 0.4) is 0 Å². The van der Waals surface area contributed by atoms with E-state index in [1.54, 1.807) is 77.7 Å². The highest BCUT2D eigenvalue weighted by Crippen LogP contribution is 2.35. The summed E-state index contributed by atoms with van der Waals surface area (Å²) in [5.41, 5.74) is 1.91. The number of nitrogens with one attached hydrogen (secondary N) is 1. The second-order valence-electron chi connectivity index (χ2n) is 10.5. The Hall–Kier alpha value is -6.61. The van der Waals surface area contributed by atoms with Crippen molar-refractivity contribution in [1.29, 1.82) is 0 Å². The molecule has 0 aliphatic heterocycles. The first-order valence-electron chi connectivity index (χ1n) is 14.8. The average molecular weight is 620 g/mol. The van der Waals surface area contributed by atoms with E-state index in [1.165, 1.54) is 11.8 Å². The minimum absolute atomic E-state index is 0.112. The summed E-state index contributed by atoms with van der Waals surface area (Å²) >= 11 is 0. The number of rotatable bonds is 8. The van der Waals surface area contributed by atoms with Gasteiger partial charge in [0.25, 0.3) is 17.4 Å². The minimum Gasteiger partial charge on any atom is -0.493 e. The second-order valence-corrected chi connectivity index (χ2v) is 10.5. The first kappa shape index (κ1) is 30.4. The van der Waals surface area contributed by atoms with Crippen molar-refractivity contribution in [2.24, 2.45) is 10.2 Å². The average Bonchev–Trinajstić information content (AvgIpc) is 3.10. The van der Waals surface area contributed by atoms with Gasteiger partial charge in [0.2, 0.25) is 5.88 Å². The van der Waals surface area contributed by atoms with Crippen LogP contribution < -0.4 is 15.4 Å². The number of azo groups is 1. The molecule has 1 aromatic heterocycles. The monoisotopic (exact) mass is 619 g/mol. The summed E-state index contributed by atoms with van der Waals surface area (Å²) in [4.78, 5) is 46.8. The molecule has 2 N–H and O–H groups in total. The summed E-state index contributed by atoms with van der Waals surface area (Å²) in [6.45, 7) is 1.52. The first-order valence-corrected chi connectivity index (χ1v) is 14.8. The molecule has 0 unspecified atom stereocenters. The number of aromatic nitrogens is 1. The molecule has 0 saturated heterocycles. The molecule has 0 bridgehead atoms. The van der Waals surface area contributed by atoms with Gasteiger partial charge in [0.1, 0.15) is 11.3 Å². The van der Waals surface area contributed by atoms with E-state index in [0.29, 0.717) is 22.7 Å². The Balaban J connectivity index is 1.40. The molecule has 9 nitrogen and oxygen atoms in total. The molecule has 0 fully saturated rings. The van der Waals surface area contributed by atoms with Crippen molar-refractivity contribution in [2.75, 3.05) is 9.80 Å². The van der Waals surface area contributed by atoms with Crippen LogP contribution in [-0.4, -0.2) is 21.9 Å². The Morgan fingerprint density at radius 1 is 0.574 bits per heavy atom. The lowest BCUT2D eigenvalue weighted by molar-refractivity contribution is 0.0990. The van der Waals surface area contributed by atoms with E-state index in [9.17, 15) is 19.5 Å². The quantitative estimate of drug-likeness (QED) is 0.166. The number of hydrogen-bond donors (Lipinski definition) is 2. The topological polar surface area (TPSA) is 118 Å². The molecule has 6 aromatic rings. The summed E-state index contributed by atoms with van der Waals surface area (Å²) in [5, 5.41) is 19.4. The highest BCUT2D eigenvalue weighted by Gasteiger charge is 2.27. The van der Waals surface area contributed by atoms with E-state index >= 15 is 0 Å². The lowest BCUT2D eigenvalue weighted by atomic mass is 10.1. The van der Waals surface area contributed by atoms with Gasteiger partial charge in [-0.3, -0.25) is 29.2 Å². The van der Waals surface area contributed by atoms with Crippen LogP contribution in [0.25, 0.3) is 0 Å². The van der Waals surface area contributed by atoms with Crippen molar-refractivity contribution in [2.45, 2.75) is 6.92 Å². The second kappa shape index (κ2) is 13.6. The largest absolute Gasteiger partial charge is 0.493 e. The zero-order chi connectivity index (χ0) is 32.8. The van der Waals surface area contributed by atoms with E-state index in [0.717, 1.165) is 0 Å². The SMILES string of the molecule is Cc1c(/N=N/c2ccccc2C(=O)N(c2ccccc2)c2ccccc2)c(O)[nH]c(=O)c1C(=O)N(c1ccccc1)c1ccccc1. The van der Waals surface area contributed by atoms with Gasteiger partial charge in [0.05, 0.1) is 11.3 Å². The number of para-hydroxylation sites is 4. The molecule has 0 spiro atoms. The van der Waals surface area contributed by atoms with Crippen molar-refractivity contribution in [3.8, 4) is 5.88 Å². The van der Waals surface area contributed by atoms with Crippen LogP contribution in [0.15, 0.2) is 161 Å². The van der Waals surface area contributed by atoms with E-state index in [-0.39, 0.29) is 34.0 Å². The maximum atomic E-state index is 14.1. The molecular weight excluding hydrogens is 590 g/mol. The molecule has 0 aliphatic carbocycles. The maximum absolute atomic E-state index is 14.1. The van der Waals surface area contributed by atoms with Gasteiger partial charge in [0.15, 0.2) is 0 Å². The number of anilines is 4. The molecule has 6 rings (SSSR count). The van der Waals surface area contributed by atoms with Crippen LogP contribution in [0, 0.1) is 6.92 Å². The Labute approximate surface area is 270 Å². The molecule has 2 amide bonds. The molecule has 47 heavy (non-hydrogen) atoms. The Morgan fingerprint density at radius 2 is 0.979 bits per heavy atom. The van der Waals surface area contributed by atoms with Crippen LogP contribution in [0.4, 0.5) is 34.1 Å². The number of amides is 2. The molecule has 0 atom stereocenters.